The quantitative estimate of drug-likeness (QED) is 0.784. The van der Waals surface area contributed by atoms with Crippen LogP contribution >= 0.6 is 0 Å². The predicted molar refractivity (Wildman–Crippen MR) is 50.2 cm³/mol. The molecule has 1 aromatic heterocycles. The van der Waals surface area contributed by atoms with E-state index in [1.54, 1.807) is 0 Å². The highest BCUT2D eigenvalue weighted by Crippen LogP contribution is 2.27. The number of ether oxygens (including phenoxy) is 1. The Labute approximate surface area is 91.1 Å². The maximum atomic E-state index is 12.6. The van der Waals surface area contributed by atoms with Crippen molar-refractivity contribution in [2.24, 2.45) is 0 Å². The van der Waals surface area contributed by atoms with Crippen LogP contribution in [-0.2, 0) is 11.3 Å². The smallest absolute Gasteiger partial charge is 0.427 e. The summed E-state index contributed by atoms with van der Waals surface area (Å²) in [6.45, 7) is -2.01. The highest BCUT2D eigenvalue weighted by molar-refractivity contribution is 7.80. The van der Waals surface area contributed by atoms with Crippen molar-refractivity contribution in [3.8, 4) is 5.75 Å². The lowest BCUT2D eigenvalue weighted by atomic mass is 10.4. The van der Waals surface area contributed by atoms with Gasteiger partial charge in [-0.05, 0) is 12.1 Å². The summed E-state index contributed by atoms with van der Waals surface area (Å²) < 4.78 is 61.7. The molecule has 0 aliphatic carbocycles. The van der Waals surface area contributed by atoms with Gasteiger partial charge in [0.15, 0.2) is 18.2 Å². The maximum absolute atomic E-state index is 12.6. The second-order valence-corrected chi connectivity index (χ2v) is 3.28. The van der Waals surface area contributed by atoms with Gasteiger partial charge in [-0.2, -0.15) is 8.78 Å². The van der Waals surface area contributed by atoms with Crippen LogP contribution in [0.15, 0.2) is 18.3 Å². The zero-order valence-corrected chi connectivity index (χ0v) is 8.51. The Morgan fingerprint density at radius 2 is 2.31 bits per heavy atom. The molecule has 0 fully saturated rings. The number of halogens is 3. The molecule has 1 rings (SSSR count). The van der Waals surface area contributed by atoms with E-state index in [1.165, 1.54) is 12.3 Å². The van der Waals surface area contributed by atoms with E-state index < -0.39 is 29.8 Å². The molecule has 1 heterocycles. The highest BCUT2D eigenvalue weighted by Gasteiger charge is 2.32. The summed E-state index contributed by atoms with van der Waals surface area (Å²) in [4.78, 5) is 3.49. The first-order valence-electron chi connectivity index (χ1n) is 3.90. The molecule has 0 bridgehead atoms. The second-order valence-electron chi connectivity index (χ2n) is 2.57. The van der Waals surface area contributed by atoms with Gasteiger partial charge in [0.2, 0.25) is 0 Å². The Balaban J connectivity index is 2.90. The first-order chi connectivity index (χ1) is 7.44. The normalized spacial score (nSPS) is 13.2. The molecule has 9 heteroatoms. The molecule has 5 nitrogen and oxygen atoms in total. The maximum Gasteiger partial charge on any atom is 0.427 e. The van der Waals surface area contributed by atoms with Crippen molar-refractivity contribution >= 4 is 17.1 Å². The number of hydrogen-bond acceptors (Lipinski definition) is 3. The molecule has 1 unspecified atom stereocenters. The number of pyridine rings is 1. The summed E-state index contributed by atoms with van der Waals surface area (Å²) in [7, 11) is 0. The van der Waals surface area contributed by atoms with Crippen LogP contribution in [0.2, 0.25) is 0 Å². The lowest BCUT2D eigenvalue weighted by Gasteiger charge is -2.16. The molecule has 1 aromatic rings. The van der Waals surface area contributed by atoms with Crippen LogP contribution in [0, 0.1) is 0 Å². The molecule has 0 saturated heterocycles. The van der Waals surface area contributed by atoms with Gasteiger partial charge < -0.3 is 4.74 Å². The van der Waals surface area contributed by atoms with E-state index >= 15 is 0 Å². The zero-order valence-electron chi connectivity index (χ0n) is 7.69. The van der Waals surface area contributed by atoms with E-state index in [0.29, 0.717) is 0 Å². The third-order valence-electron chi connectivity index (χ3n) is 1.37. The molecule has 16 heavy (non-hydrogen) atoms. The van der Waals surface area contributed by atoms with E-state index in [4.69, 9.17) is 4.55 Å². The van der Waals surface area contributed by atoms with Gasteiger partial charge in [0.05, 0.1) is 0 Å². The minimum Gasteiger partial charge on any atom is -0.427 e. The topological polar surface area (TPSA) is 71.5 Å². The number of rotatable bonds is 5. The second kappa shape index (κ2) is 5.12. The Kier molecular flexibility index (Phi) is 4.07. The van der Waals surface area contributed by atoms with Gasteiger partial charge in [0.1, 0.15) is 0 Å². The van der Waals surface area contributed by atoms with Crippen LogP contribution in [-0.4, -0.2) is 26.5 Å². The standard InChI is InChI=1S/C7H7F3N2O3S/c8-4-7(9,10)15-5-2-1-3-11-6(5)12-16(13)14/h1-3H,4H2,(H,11,12)(H,13,14). The van der Waals surface area contributed by atoms with Crippen molar-refractivity contribution in [3.63, 3.8) is 0 Å². The average Bonchev–Trinajstić information content (AvgIpc) is 2.20. The average molecular weight is 256 g/mol. The van der Waals surface area contributed by atoms with Gasteiger partial charge in [0.25, 0.3) is 11.3 Å². The molecule has 0 spiro atoms. The van der Waals surface area contributed by atoms with Gasteiger partial charge in [-0.3, -0.25) is 9.27 Å². The van der Waals surface area contributed by atoms with E-state index in [2.05, 4.69) is 9.72 Å². The highest BCUT2D eigenvalue weighted by atomic mass is 32.2. The minimum atomic E-state index is -4.00. The van der Waals surface area contributed by atoms with Crippen LogP contribution < -0.4 is 9.46 Å². The summed E-state index contributed by atoms with van der Waals surface area (Å²) >= 11 is -2.49. The van der Waals surface area contributed by atoms with Gasteiger partial charge in [0, 0.05) is 6.20 Å². The van der Waals surface area contributed by atoms with Crippen molar-refractivity contribution in [3.05, 3.63) is 18.3 Å². The molecule has 1 atom stereocenters. The number of anilines is 1. The largest absolute Gasteiger partial charge is 0.427 e. The fourth-order valence-electron chi connectivity index (χ4n) is 0.820. The van der Waals surface area contributed by atoms with Crippen molar-refractivity contribution in [1.82, 2.24) is 4.98 Å². The molecule has 0 radical (unpaired) electrons. The number of hydrogen-bond donors (Lipinski definition) is 2. The minimum absolute atomic E-state index is 0.378. The zero-order chi connectivity index (χ0) is 12.2. The number of aromatic nitrogens is 1. The Morgan fingerprint density at radius 3 is 2.88 bits per heavy atom. The fourth-order valence-corrected chi connectivity index (χ4v) is 1.14. The van der Waals surface area contributed by atoms with Crippen LogP contribution in [0.5, 0.6) is 5.75 Å². The van der Waals surface area contributed by atoms with Gasteiger partial charge in [-0.15, -0.1) is 0 Å². The lowest BCUT2D eigenvalue weighted by molar-refractivity contribution is -0.186. The van der Waals surface area contributed by atoms with Gasteiger partial charge in [-0.25, -0.2) is 13.6 Å². The van der Waals surface area contributed by atoms with Crippen molar-refractivity contribution in [2.75, 3.05) is 11.4 Å². The molecule has 90 valence electrons. The Hall–Kier alpha value is -1.35. The predicted octanol–water partition coefficient (Wildman–Crippen LogP) is 1.57. The third-order valence-corrected chi connectivity index (χ3v) is 1.74. The summed E-state index contributed by atoms with van der Waals surface area (Å²) in [6, 6.07) is 2.32. The number of nitrogens with zero attached hydrogens (tertiary/aromatic N) is 1. The van der Waals surface area contributed by atoms with Gasteiger partial charge >= 0.3 is 6.11 Å². The molecule has 2 N–H and O–H groups in total. The van der Waals surface area contributed by atoms with Gasteiger partial charge in [-0.1, -0.05) is 0 Å². The molecular weight excluding hydrogens is 249 g/mol. The van der Waals surface area contributed by atoms with E-state index in [0.717, 1.165) is 6.07 Å². The first kappa shape index (κ1) is 12.7. The lowest BCUT2D eigenvalue weighted by Crippen LogP contribution is -2.27. The molecule has 0 aliphatic heterocycles. The monoisotopic (exact) mass is 256 g/mol. The Morgan fingerprint density at radius 1 is 1.62 bits per heavy atom. The molecule has 0 saturated carbocycles. The number of alkyl halides is 3. The van der Waals surface area contributed by atoms with E-state index in [-0.39, 0.29) is 5.82 Å². The molecule has 0 aliphatic rings. The summed E-state index contributed by atoms with van der Waals surface area (Å²) in [5, 5.41) is 0. The fraction of sp³-hybridized carbons (Fsp3) is 0.286. The third kappa shape index (κ3) is 3.66. The van der Waals surface area contributed by atoms with E-state index in [1.807, 2.05) is 4.72 Å². The van der Waals surface area contributed by atoms with Crippen molar-refractivity contribution in [1.29, 1.82) is 0 Å². The van der Waals surface area contributed by atoms with E-state index in [9.17, 15) is 17.4 Å². The summed E-state index contributed by atoms with van der Waals surface area (Å²) in [5.74, 6) is -0.899. The molecule has 0 aromatic carbocycles. The van der Waals surface area contributed by atoms with Crippen LogP contribution in [0.25, 0.3) is 0 Å². The summed E-state index contributed by atoms with van der Waals surface area (Å²) in [5.41, 5.74) is 0. The Bertz CT molecular complexity index is 391. The first-order valence-corrected chi connectivity index (χ1v) is 5.00. The van der Waals surface area contributed by atoms with Crippen molar-refractivity contribution in [2.45, 2.75) is 6.11 Å². The SMILES string of the molecule is O=S(O)Nc1ncccc1OC(F)(F)CF. The molecular formula is C7H7F3N2O3S. The van der Waals surface area contributed by atoms with Crippen molar-refractivity contribution < 1.29 is 26.7 Å². The van der Waals surface area contributed by atoms with Crippen LogP contribution in [0.3, 0.4) is 0 Å². The summed E-state index contributed by atoms with van der Waals surface area (Å²) in [6.07, 6.45) is -2.81. The van der Waals surface area contributed by atoms with Crippen LogP contribution in [0.4, 0.5) is 19.0 Å². The van der Waals surface area contributed by atoms with Crippen LogP contribution in [0.1, 0.15) is 0 Å². The molecule has 0 amide bonds. The number of nitrogens with one attached hydrogen (secondary N) is 1.